The van der Waals surface area contributed by atoms with Gasteiger partial charge in [0.15, 0.2) is 6.10 Å². The number of hydrogen-bond donors (Lipinski definition) is 0. The smallest absolute Gasteiger partial charge is 0.306 e. The summed E-state index contributed by atoms with van der Waals surface area (Å²) in [5.74, 6) is 0.0378. The molecule has 6 nitrogen and oxygen atoms in total. The maximum Gasteiger partial charge on any atom is 0.306 e. The molecule has 356 valence electrons. The molecule has 0 N–H and O–H groups in total. The molecule has 2 atom stereocenters. The number of ether oxygens (including phenoxy) is 3. The van der Waals surface area contributed by atoms with E-state index in [9.17, 15) is 14.4 Å². The first-order chi connectivity index (χ1) is 29.4. The van der Waals surface area contributed by atoms with Crippen molar-refractivity contribution in [3.8, 4) is 0 Å². The van der Waals surface area contributed by atoms with E-state index in [1.54, 1.807) is 0 Å². The SMILES string of the molecule is CCCCCCCCCCCCCCCCCCCCCC(=O)OC[C@@H](COC(=O)CCCCCCCCCCCCCCCCC(C)CC)OC(=O)CCCCCCC. The highest BCUT2D eigenvalue weighted by atomic mass is 16.6. The van der Waals surface area contributed by atoms with Gasteiger partial charge in [-0.3, -0.25) is 14.4 Å². The van der Waals surface area contributed by atoms with Gasteiger partial charge in [0, 0.05) is 19.3 Å². The van der Waals surface area contributed by atoms with Crippen LogP contribution in [-0.2, 0) is 28.6 Å². The Morgan fingerprint density at radius 3 is 0.867 bits per heavy atom. The second-order valence-corrected chi connectivity index (χ2v) is 18.8. The average Bonchev–Trinajstić information content (AvgIpc) is 3.24. The lowest BCUT2D eigenvalue weighted by atomic mass is 9.99. The Bertz CT molecular complexity index is 905. The lowest BCUT2D eigenvalue weighted by molar-refractivity contribution is -0.167. The molecule has 1 unspecified atom stereocenters. The minimum absolute atomic E-state index is 0.0642. The van der Waals surface area contributed by atoms with Crippen molar-refractivity contribution < 1.29 is 28.6 Å². The van der Waals surface area contributed by atoms with Crippen LogP contribution in [0.2, 0.25) is 0 Å². The van der Waals surface area contributed by atoms with Crippen LogP contribution < -0.4 is 0 Å². The lowest BCUT2D eigenvalue weighted by Crippen LogP contribution is -2.30. The molecule has 0 aliphatic rings. The third kappa shape index (κ3) is 45.9. The summed E-state index contributed by atoms with van der Waals surface area (Å²) in [4.78, 5) is 37.7. The van der Waals surface area contributed by atoms with Crippen LogP contribution in [-0.4, -0.2) is 37.2 Å². The minimum Gasteiger partial charge on any atom is -0.462 e. The largest absolute Gasteiger partial charge is 0.462 e. The molecule has 0 radical (unpaired) electrons. The second-order valence-electron chi connectivity index (χ2n) is 18.8. The Kier molecular flexibility index (Phi) is 47.2. The zero-order chi connectivity index (χ0) is 43.8. The van der Waals surface area contributed by atoms with Gasteiger partial charge in [0.2, 0.25) is 0 Å². The molecule has 0 heterocycles. The molecule has 0 saturated carbocycles. The Labute approximate surface area is 374 Å². The number of carbonyl (C=O) groups is 3. The van der Waals surface area contributed by atoms with Crippen LogP contribution in [0.3, 0.4) is 0 Å². The molecule has 0 aliphatic heterocycles. The third-order valence-electron chi connectivity index (χ3n) is 12.7. The number of esters is 3. The molecule has 0 bridgehead atoms. The zero-order valence-corrected chi connectivity index (χ0v) is 40.9. The molecule has 0 spiro atoms. The van der Waals surface area contributed by atoms with Crippen LogP contribution in [0.1, 0.15) is 304 Å². The molecular formula is C54H104O6. The van der Waals surface area contributed by atoms with E-state index < -0.39 is 6.10 Å². The first kappa shape index (κ1) is 58.4. The van der Waals surface area contributed by atoms with E-state index in [0.29, 0.717) is 19.3 Å². The molecule has 0 aromatic carbocycles. The van der Waals surface area contributed by atoms with E-state index in [1.807, 2.05) is 0 Å². The van der Waals surface area contributed by atoms with Gasteiger partial charge in [0.05, 0.1) is 0 Å². The highest BCUT2D eigenvalue weighted by Crippen LogP contribution is 2.18. The maximum atomic E-state index is 12.6. The molecule has 0 aromatic rings. The van der Waals surface area contributed by atoms with Crippen LogP contribution in [0, 0.1) is 5.92 Å². The van der Waals surface area contributed by atoms with Crippen molar-refractivity contribution in [1.82, 2.24) is 0 Å². The number of hydrogen-bond acceptors (Lipinski definition) is 6. The first-order valence-corrected chi connectivity index (χ1v) is 26.9. The molecule has 60 heavy (non-hydrogen) atoms. The fraction of sp³-hybridized carbons (Fsp3) is 0.944. The standard InChI is InChI=1S/C54H104O6/c1-5-8-10-12-13-14-15-16-17-18-19-20-21-25-28-31-34-38-41-45-52(55)58-48-51(60-54(57)47-43-36-11-9-6-2)49-59-53(56)46-42-39-35-32-29-26-23-22-24-27-30-33-37-40-44-50(4)7-3/h50-51H,5-49H2,1-4H3/t50?,51-/m0/s1. The molecule has 0 saturated heterocycles. The first-order valence-electron chi connectivity index (χ1n) is 26.9. The Morgan fingerprint density at radius 2 is 0.583 bits per heavy atom. The second kappa shape index (κ2) is 48.4. The highest BCUT2D eigenvalue weighted by molar-refractivity contribution is 5.71. The van der Waals surface area contributed by atoms with E-state index in [4.69, 9.17) is 14.2 Å². The predicted molar refractivity (Wildman–Crippen MR) is 257 cm³/mol. The summed E-state index contributed by atoms with van der Waals surface area (Å²) in [6, 6.07) is 0. The molecular weight excluding hydrogens is 745 g/mol. The summed E-state index contributed by atoms with van der Waals surface area (Å²) >= 11 is 0. The molecule has 6 heteroatoms. The van der Waals surface area contributed by atoms with Crippen molar-refractivity contribution in [2.45, 2.75) is 310 Å². The zero-order valence-electron chi connectivity index (χ0n) is 40.9. The molecule has 0 amide bonds. The molecule has 0 fully saturated rings. The highest BCUT2D eigenvalue weighted by Gasteiger charge is 2.19. The van der Waals surface area contributed by atoms with E-state index in [0.717, 1.165) is 70.1 Å². The van der Waals surface area contributed by atoms with Crippen LogP contribution in [0.4, 0.5) is 0 Å². The number of carbonyl (C=O) groups excluding carboxylic acids is 3. The summed E-state index contributed by atoms with van der Waals surface area (Å²) in [5, 5.41) is 0. The van der Waals surface area contributed by atoms with Gasteiger partial charge < -0.3 is 14.2 Å². The average molecular weight is 849 g/mol. The monoisotopic (exact) mass is 849 g/mol. The van der Waals surface area contributed by atoms with E-state index in [-0.39, 0.29) is 31.1 Å². The van der Waals surface area contributed by atoms with Crippen LogP contribution in [0.25, 0.3) is 0 Å². The van der Waals surface area contributed by atoms with E-state index in [2.05, 4.69) is 27.7 Å². The topological polar surface area (TPSA) is 78.9 Å². The van der Waals surface area contributed by atoms with Crippen LogP contribution in [0.15, 0.2) is 0 Å². The van der Waals surface area contributed by atoms with E-state index >= 15 is 0 Å². The molecule has 0 rings (SSSR count). The summed E-state index contributed by atoms with van der Waals surface area (Å²) in [6.45, 7) is 9.00. The third-order valence-corrected chi connectivity index (χ3v) is 12.7. The van der Waals surface area contributed by atoms with Crippen LogP contribution in [0.5, 0.6) is 0 Å². The summed E-state index contributed by atoms with van der Waals surface area (Å²) < 4.78 is 16.7. The van der Waals surface area contributed by atoms with Crippen molar-refractivity contribution >= 4 is 17.9 Å². The summed E-state index contributed by atoms with van der Waals surface area (Å²) in [5.41, 5.74) is 0. The predicted octanol–water partition coefficient (Wildman–Crippen LogP) is 17.5. The van der Waals surface area contributed by atoms with Crippen LogP contribution >= 0.6 is 0 Å². The Balaban J connectivity index is 4.03. The summed E-state index contributed by atoms with van der Waals surface area (Å²) in [6.07, 6.45) is 51.3. The number of rotatable bonds is 49. The Morgan fingerprint density at radius 1 is 0.333 bits per heavy atom. The van der Waals surface area contributed by atoms with Gasteiger partial charge in [-0.25, -0.2) is 0 Å². The normalized spacial score (nSPS) is 12.4. The fourth-order valence-corrected chi connectivity index (χ4v) is 8.19. The van der Waals surface area contributed by atoms with Gasteiger partial charge in [-0.1, -0.05) is 265 Å². The van der Waals surface area contributed by atoms with Gasteiger partial charge in [-0.15, -0.1) is 0 Å². The quantitative estimate of drug-likeness (QED) is 0.0345. The van der Waals surface area contributed by atoms with Crippen molar-refractivity contribution in [3.63, 3.8) is 0 Å². The molecule has 0 aliphatic carbocycles. The van der Waals surface area contributed by atoms with Crippen molar-refractivity contribution in [1.29, 1.82) is 0 Å². The van der Waals surface area contributed by atoms with Crippen molar-refractivity contribution in [2.75, 3.05) is 13.2 Å². The number of unbranched alkanes of at least 4 members (excludes halogenated alkanes) is 35. The Hall–Kier alpha value is -1.59. The summed E-state index contributed by atoms with van der Waals surface area (Å²) in [7, 11) is 0. The van der Waals surface area contributed by atoms with Gasteiger partial charge in [-0.2, -0.15) is 0 Å². The minimum atomic E-state index is -0.759. The van der Waals surface area contributed by atoms with Gasteiger partial charge in [0.1, 0.15) is 13.2 Å². The maximum absolute atomic E-state index is 12.6. The van der Waals surface area contributed by atoms with Gasteiger partial charge in [-0.05, 0) is 25.2 Å². The van der Waals surface area contributed by atoms with Gasteiger partial charge >= 0.3 is 17.9 Å². The van der Waals surface area contributed by atoms with Crippen molar-refractivity contribution in [3.05, 3.63) is 0 Å². The lowest BCUT2D eigenvalue weighted by Gasteiger charge is -2.18. The fourth-order valence-electron chi connectivity index (χ4n) is 8.19. The van der Waals surface area contributed by atoms with Crippen molar-refractivity contribution in [2.24, 2.45) is 5.92 Å². The van der Waals surface area contributed by atoms with Gasteiger partial charge in [0.25, 0.3) is 0 Å². The van der Waals surface area contributed by atoms with E-state index in [1.165, 1.54) is 193 Å². The molecule has 0 aromatic heterocycles.